The van der Waals surface area contributed by atoms with Gasteiger partial charge in [-0.2, -0.15) is 18.3 Å². The molecule has 3 nitrogen and oxygen atoms in total. The number of Topliss-reactive ketones (excluding diaryl/α,β-unsaturated/α-hetero) is 1. The Morgan fingerprint density at radius 1 is 1.30 bits per heavy atom. The molecule has 3 rings (SSSR count). The quantitative estimate of drug-likeness (QED) is 0.640. The zero-order valence-electron chi connectivity index (χ0n) is 12.4. The first-order chi connectivity index (χ1) is 10.8. The van der Waals surface area contributed by atoms with Gasteiger partial charge in [0.25, 0.3) is 0 Å². The predicted octanol–water partition coefficient (Wildman–Crippen LogP) is 4.85. The number of ketones is 1. The molecule has 3 aromatic rings. The van der Waals surface area contributed by atoms with E-state index in [9.17, 15) is 18.0 Å². The highest BCUT2D eigenvalue weighted by molar-refractivity contribution is 7.14. The Balaban J connectivity index is 2.16. The molecule has 0 bridgehead atoms. The van der Waals surface area contributed by atoms with Gasteiger partial charge in [-0.3, -0.25) is 4.79 Å². The molecule has 0 N–H and O–H groups in total. The van der Waals surface area contributed by atoms with E-state index in [0.29, 0.717) is 10.4 Å². The zero-order valence-corrected chi connectivity index (χ0v) is 13.3. The summed E-state index contributed by atoms with van der Waals surface area (Å²) < 4.78 is 39.6. The third-order valence-corrected chi connectivity index (χ3v) is 4.99. The normalized spacial score (nSPS) is 12.0. The van der Waals surface area contributed by atoms with E-state index in [1.165, 1.54) is 28.8 Å². The Labute approximate surface area is 134 Å². The van der Waals surface area contributed by atoms with Crippen LogP contribution < -0.4 is 0 Å². The van der Waals surface area contributed by atoms with Crippen molar-refractivity contribution in [1.29, 1.82) is 0 Å². The molecule has 0 aliphatic rings. The maximum atomic E-state index is 12.8. The first-order valence-electron chi connectivity index (χ1n) is 7.00. The first-order valence-corrected chi connectivity index (χ1v) is 7.81. The summed E-state index contributed by atoms with van der Waals surface area (Å²) in [4.78, 5) is 13.2. The molecule has 7 heteroatoms. The van der Waals surface area contributed by atoms with E-state index < -0.39 is 11.7 Å². The van der Waals surface area contributed by atoms with Gasteiger partial charge < -0.3 is 0 Å². The molecule has 0 atom stereocenters. The van der Waals surface area contributed by atoms with Crippen LogP contribution in [0.1, 0.15) is 34.0 Å². The van der Waals surface area contributed by atoms with Crippen molar-refractivity contribution in [3.63, 3.8) is 0 Å². The fourth-order valence-electron chi connectivity index (χ4n) is 2.45. The highest BCUT2D eigenvalue weighted by atomic mass is 32.1. The molecule has 0 aromatic carbocycles. The standard InChI is InChI=1S/C16H13F3N2OS/c1-3-14-11(6-15(23-14)9(2)22)12-7-20-21-8-10(16(17,18)19)4-5-13(12)21/h4-8H,3H2,1-2H3. The van der Waals surface area contributed by atoms with Crippen molar-refractivity contribution in [3.8, 4) is 11.1 Å². The van der Waals surface area contributed by atoms with Crippen LogP contribution >= 0.6 is 11.3 Å². The van der Waals surface area contributed by atoms with Crippen molar-refractivity contribution < 1.29 is 18.0 Å². The van der Waals surface area contributed by atoms with Gasteiger partial charge in [-0.05, 0) is 31.5 Å². The van der Waals surface area contributed by atoms with Gasteiger partial charge in [-0.25, -0.2) is 4.52 Å². The molecule has 120 valence electrons. The number of thiophene rings is 1. The SMILES string of the molecule is CCc1sc(C(C)=O)cc1-c1cnn2cc(C(F)(F)F)ccc12. The fraction of sp³-hybridized carbons (Fsp3) is 0.250. The topological polar surface area (TPSA) is 34.4 Å². The Kier molecular flexibility index (Phi) is 3.75. The summed E-state index contributed by atoms with van der Waals surface area (Å²) in [5, 5.41) is 4.04. The highest BCUT2D eigenvalue weighted by Crippen LogP contribution is 2.36. The van der Waals surface area contributed by atoms with Crippen LogP contribution in [-0.2, 0) is 12.6 Å². The molecule has 0 amide bonds. The van der Waals surface area contributed by atoms with Crippen LogP contribution in [0.25, 0.3) is 16.6 Å². The first kappa shape index (κ1) is 15.7. The predicted molar refractivity (Wildman–Crippen MR) is 82.9 cm³/mol. The van der Waals surface area contributed by atoms with Crippen molar-refractivity contribution in [2.24, 2.45) is 0 Å². The maximum Gasteiger partial charge on any atom is 0.417 e. The summed E-state index contributed by atoms with van der Waals surface area (Å²) in [5.41, 5.74) is 1.43. The Morgan fingerprint density at radius 3 is 2.65 bits per heavy atom. The lowest BCUT2D eigenvalue weighted by atomic mass is 10.1. The number of carbonyl (C=O) groups excluding carboxylic acids is 1. The van der Waals surface area contributed by atoms with E-state index >= 15 is 0 Å². The van der Waals surface area contributed by atoms with Gasteiger partial charge in [0.05, 0.1) is 22.2 Å². The Morgan fingerprint density at radius 2 is 2.04 bits per heavy atom. The third kappa shape index (κ3) is 2.76. The van der Waals surface area contributed by atoms with Crippen molar-refractivity contribution in [1.82, 2.24) is 9.61 Å². The van der Waals surface area contributed by atoms with Gasteiger partial charge in [0.2, 0.25) is 0 Å². The molecule has 23 heavy (non-hydrogen) atoms. The van der Waals surface area contributed by atoms with Crippen LogP contribution in [0.4, 0.5) is 13.2 Å². The molecule has 0 aliphatic carbocycles. The van der Waals surface area contributed by atoms with Gasteiger partial charge in [-0.15, -0.1) is 11.3 Å². The molecule has 0 saturated heterocycles. The lowest BCUT2D eigenvalue weighted by Gasteiger charge is -2.07. The van der Waals surface area contributed by atoms with Gasteiger partial charge in [0, 0.05) is 22.2 Å². The van der Waals surface area contributed by atoms with Crippen molar-refractivity contribution >= 4 is 22.6 Å². The average Bonchev–Trinajstić information content (AvgIpc) is 3.08. The number of aromatic nitrogens is 2. The average molecular weight is 338 g/mol. The number of aryl methyl sites for hydroxylation is 1. The van der Waals surface area contributed by atoms with Crippen LogP contribution in [0.3, 0.4) is 0 Å². The van der Waals surface area contributed by atoms with Crippen LogP contribution in [0, 0.1) is 0 Å². The minimum absolute atomic E-state index is 0.0215. The third-order valence-electron chi connectivity index (χ3n) is 3.61. The van der Waals surface area contributed by atoms with E-state index in [1.54, 1.807) is 12.3 Å². The number of pyridine rings is 1. The summed E-state index contributed by atoms with van der Waals surface area (Å²) in [6.45, 7) is 3.48. The Bertz CT molecular complexity index is 892. The minimum atomic E-state index is -4.40. The molecule has 3 aromatic heterocycles. The van der Waals surface area contributed by atoms with Crippen molar-refractivity contribution in [2.45, 2.75) is 26.4 Å². The number of hydrogen-bond donors (Lipinski definition) is 0. The van der Waals surface area contributed by atoms with Gasteiger partial charge in [0.15, 0.2) is 5.78 Å². The monoisotopic (exact) mass is 338 g/mol. The van der Waals surface area contributed by atoms with E-state index in [1.807, 2.05) is 6.92 Å². The number of alkyl halides is 3. The van der Waals surface area contributed by atoms with Crippen LogP contribution in [0.2, 0.25) is 0 Å². The van der Waals surface area contributed by atoms with Crippen molar-refractivity contribution in [2.75, 3.05) is 0 Å². The molecule has 3 heterocycles. The van der Waals surface area contributed by atoms with E-state index in [2.05, 4.69) is 5.10 Å². The number of rotatable bonds is 3. The summed E-state index contributed by atoms with van der Waals surface area (Å²) in [6, 6.07) is 4.25. The minimum Gasteiger partial charge on any atom is -0.294 e. The molecule has 0 aliphatic heterocycles. The molecule has 0 spiro atoms. The number of hydrogen-bond acceptors (Lipinski definition) is 3. The summed E-state index contributed by atoms with van der Waals surface area (Å²) >= 11 is 1.42. The van der Waals surface area contributed by atoms with Gasteiger partial charge in [-0.1, -0.05) is 6.92 Å². The van der Waals surface area contributed by atoms with Crippen LogP contribution in [0.5, 0.6) is 0 Å². The number of fused-ring (bicyclic) bond motifs is 1. The van der Waals surface area contributed by atoms with Crippen LogP contribution in [0.15, 0.2) is 30.6 Å². The smallest absolute Gasteiger partial charge is 0.294 e. The molecule has 0 unspecified atom stereocenters. The van der Waals surface area contributed by atoms with Gasteiger partial charge >= 0.3 is 6.18 Å². The number of halogens is 3. The van der Waals surface area contributed by atoms with Crippen molar-refractivity contribution in [3.05, 3.63) is 45.9 Å². The maximum absolute atomic E-state index is 12.8. The lowest BCUT2D eigenvalue weighted by Crippen LogP contribution is -2.06. The Hall–Kier alpha value is -2.15. The molecular weight excluding hydrogens is 325 g/mol. The summed E-state index contributed by atoms with van der Waals surface area (Å²) in [5.74, 6) is -0.0215. The van der Waals surface area contributed by atoms with E-state index in [0.717, 1.165) is 34.7 Å². The molecule has 0 radical (unpaired) electrons. The molecular formula is C16H13F3N2OS. The summed E-state index contributed by atoms with van der Waals surface area (Å²) in [6.07, 6.45) is -1.15. The number of carbonyl (C=O) groups is 1. The molecule has 0 fully saturated rings. The van der Waals surface area contributed by atoms with Crippen LogP contribution in [-0.4, -0.2) is 15.4 Å². The van der Waals surface area contributed by atoms with E-state index in [4.69, 9.17) is 0 Å². The summed E-state index contributed by atoms with van der Waals surface area (Å²) in [7, 11) is 0. The highest BCUT2D eigenvalue weighted by Gasteiger charge is 2.31. The fourth-order valence-corrected chi connectivity index (χ4v) is 3.46. The largest absolute Gasteiger partial charge is 0.417 e. The van der Waals surface area contributed by atoms with E-state index in [-0.39, 0.29) is 5.78 Å². The second-order valence-corrected chi connectivity index (χ2v) is 6.30. The second kappa shape index (κ2) is 5.49. The number of nitrogens with zero attached hydrogens (tertiary/aromatic N) is 2. The lowest BCUT2D eigenvalue weighted by molar-refractivity contribution is -0.137. The molecule has 0 saturated carbocycles. The second-order valence-electron chi connectivity index (χ2n) is 5.16. The van der Waals surface area contributed by atoms with Gasteiger partial charge in [0.1, 0.15) is 0 Å². The zero-order chi connectivity index (χ0) is 16.8.